The summed E-state index contributed by atoms with van der Waals surface area (Å²) in [5.74, 6) is 2.41. The molecule has 75 heavy (non-hydrogen) atoms. The Balaban J connectivity index is 1.35. The van der Waals surface area contributed by atoms with Gasteiger partial charge < -0.3 is 0 Å². The molecule has 0 aliphatic heterocycles. The van der Waals surface area contributed by atoms with Crippen LogP contribution >= 0.6 is 45.3 Å². The van der Waals surface area contributed by atoms with E-state index >= 15 is 0 Å². The number of thiophene rings is 4. The molecule has 3 unspecified atom stereocenters. The topological polar surface area (TPSA) is 0 Å². The average Bonchev–Trinajstić information content (AvgIpc) is 4.23. The van der Waals surface area contributed by atoms with Crippen LogP contribution in [0.15, 0.2) is 36.4 Å². The Kier molecular flexibility index (Phi) is 33.1. The van der Waals surface area contributed by atoms with Gasteiger partial charge in [-0.25, -0.2) is 0 Å². The monoisotopic (exact) mass is 1200 g/mol. The number of benzene rings is 1. The van der Waals surface area contributed by atoms with Crippen LogP contribution in [0.3, 0.4) is 0 Å². The van der Waals surface area contributed by atoms with Gasteiger partial charge >= 0.3 is 289 Å². The fourth-order valence-corrected chi connectivity index (χ4v) is 22.4. The van der Waals surface area contributed by atoms with Crippen LogP contribution in [0.5, 0.6) is 0 Å². The summed E-state index contributed by atoms with van der Waals surface area (Å²) in [6.45, 7) is 14.3. The standard InChI is InChI=1S/C67H107S4.3CH3.Sn/c1-7-11-15-19-23-27-28-31-35-39-43-56(42-38-34-30-25-21-17-13-9-3)52-58-45-47-63(70-58)65-61-51-55(6)69-67(61)64(60-49-50-68-66(60)65)62-48-46-59(71-62)53-57(44-40-36-32-26-22-18-14-10-4)54(5)41-37-33-29-24-20-16-12-8-2;;;;/h45-49,51,54,56-57H,7-44,52-53H2,1-6H3;3*1H3;. The van der Waals surface area contributed by atoms with E-state index in [4.69, 9.17) is 0 Å². The minimum absolute atomic E-state index is 0.790. The van der Waals surface area contributed by atoms with Crippen molar-refractivity contribution in [3.63, 3.8) is 0 Å². The molecule has 0 aliphatic carbocycles. The van der Waals surface area contributed by atoms with E-state index in [2.05, 4.69) is 138 Å². The van der Waals surface area contributed by atoms with Crippen LogP contribution in [0.25, 0.3) is 41.1 Å². The molecule has 0 fully saturated rings. The third-order valence-electron chi connectivity index (χ3n) is 17.3. The summed E-state index contributed by atoms with van der Waals surface area (Å²) in [4.78, 5) is 15.7. The van der Waals surface area contributed by atoms with E-state index in [1.165, 1.54) is 277 Å². The Labute approximate surface area is 485 Å². The molecule has 0 radical (unpaired) electrons. The second-order valence-electron chi connectivity index (χ2n) is 25.3. The van der Waals surface area contributed by atoms with E-state index in [1.54, 1.807) is 38.6 Å². The second kappa shape index (κ2) is 38.1. The summed E-state index contributed by atoms with van der Waals surface area (Å²) >= 11 is 6.16. The zero-order valence-electron chi connectivity index (χ0n) is 50.6. The van der Waals surface area contributed by atoms with Crippen molar-refractivity contribution in [3.8, 4) is 20.9 Å². The third kappa shape index (κ3) is 23.8. The van der Waals surface area contributed by atoms with Gasteiger partial charge in [0.25, 0.3) is 0 Å². The Hall–Kier alpha value is -0.661. The van der Waals surface area contributed by atoms with E-state index in [1.807, 2.05) is 0 Å². The van der Waals surface area contributed by atoms with Gasteiger partial charge in [-0.05, 0) is 0 Å². The van der Waals surface area contributed by atoms with E-state index < -0.39 is 18.4 Å². The van der Waals surface area contributed by atoms with E-state index in [0.29, 0.717) is 0 Å². The molecule has 0 N–H and O–H groups in total. The van der Waals surface area contributed by atoms with Crippen molar-refractivity contribution in [2.75, 3.05) is 0 Å². The molecule has 5 rings (SSSR count). The van der Waals surface area contributed by atoms with Gasteiger partial charge in [0, 0.05) is 0 Å². The molecule has 3 atom stereocenters. The predicted octanol–water partition coefficient (Wildman–Crippen LogP) is 26.3. The van der Waals surface area contributed by atoms with Crippen molar-refractivity contribution in [1.29, 1.82) is 0 Å². The summed E-state index contributed by atoms with van der Waals surface area (Å²) in [6, 6.07) is 15.5. The van der Waals surface area contributed by atoms with Crippen molar-refractivity contribution >= 4 is 86.8 Å². The number of fused-ring (bicyclic) bond motifs is 2. The van der Waals surface area contributed by atoms with Gasteiger partial charge in [0.2, 0.25) is 0 Å². The number of hydrogen-bond donors (Lipinski definition) is 0. The van der Waals surface area contributed by atoms with Gasteiger partial charge in [0.05, 0.1) is 0 Å². The van der Waals surface area contributed by atoms with Crippen LogP contribution in [0.4, 0.5) is 0 Å². The maximum absolute atomic E-state index is 2.72. The number of aryl methyl sites for hydroxylation is 1. The molecule has 4 aromatic heterocycles. The summed E-state index contributed by atoms with van der Waals surface area (Å²) in [7, 11) is 0. The first-order valence-corrected chi connectivity index (χ1v) is 46.0. The SMILES string of the molecule is CCCCCCCCCCCCC(CCCCCCCCCC)Cc1ccc(-c2c3cc(C)sc3c(-c3ccc(CC(CCCCCCCCCC)C(C)CCCCCCCCCC)s3)c3c[c]([Sn]([CH3])([CH3])[CH3])sc23)s1. The van der Waals surface area contributed by atoms with Gasteiger partial charge in [0.15, 0.2) is 0 Å². The average molecular weight is 1200 g/mol. The quantitative estimate of drug-likeness (QED) is 0.0269. The molecule has 0 nitrogen and oxygen atoms in total. The van der Waals surface area contributed by atoms with Crippen LogP contribution in [0, 0.1) is 24.7 Å². The Bertz CT molecular complexity index is 2200. The van der Waals surface area contributed by atoms with Crippen LogP contribution in [-0.2, 0) is 12.8 Å². The molecule has 1 aromatic carbocycles. The molecule has 4 heterocycles. The zero-order chi connectivity index (χ0) is 53.5. The van der Waals surface area contributed by atoms with E-state index in [9.17, 15) is 0 Å². The molecule has 0 bridgehead atoms. The fraction of sp³-hybridized carbons (Fsp3) is 0.743. The van der Waals surface area contributed by atoms with Gasteiger partial charge in [0.1, 0.15) is 0 Å². The van der Waals surface area contributed by atoms with Crippen molar-refractivity contribution < 1.29 is 0 Å². The van der Waals surface area contributed by atoms with Crippen molar-refractivity contribution in [2.24, 2.45) is 17.8 Å². The normalized spacial score (nSPS) is 13.5. The molecule has 5 heteroatoms. The summed E-state index contributed by atoms with van der Waals surface area (Å²) < 4.78 is 4.85. The van der Waals surface area contributed by atoms with Crippen LogP contribution in [-0.4, -0.2) is 18.4 Å². The first kappa shape index (κ1) is 65.2. The number of unbranched alkanes of at least 4 members (excludes halogenated alkanes) is 30. The van der Waals surface area contributed by atoms with Crippen molar-refractivity contribution in [1.82, 2.24) is 0 Å². The second-order valence-corrected chi connectivity index (χ2v) is 45.3. The number of rotatable bonds is 46. The fourth-order valence-electron chi connectivity index (χ4n) is 12.3. The molecule has 424 valence electrons. The summed E-state index contributed by atoms with van der Waals surface area (Å²) in [6.07, 6.45) is 56.6. The van der Waals surface area contributed by atoms with Crippen LogP contribution in [0.2, 0.25) is 14.8 Å². The maximum atomic E-state index is 2.72. The third-order valence-corrected chi connectivity index (χ3v) is 31.2. The molecule has 0 saturated heterocycles. The van der Waals surface area contributed by atoms with Gasteiger partial charge in [-0.2, -0.15) is 0 Å². The van der Waals surface area contributed by atoms with Crippen molar-refractivity contribution in [2.45, 2.75) is 313 Å². The Morgan fingerprint density at radius 2 is 0.747 bits per heavy atom. The molecule has 0 aliphatic rings. The van der Waals surface area contributed by atoms with E-state index in [-0.39, 0.29) is 0 Å². The van der Waals surface area contributed by atoms with Crippen LogP contribution in [0.1, 0.15) is 293 Å². The summed E-state index contributed by atoms with van der Waals surface area (Å²) in [5, 5.41) is 3.08. The first-order valence-electron chi connectivity index (χ1n) is 32.8. The van der Waals surface area contributed by atoms with Gasteiger partial charge in [-0.15, -0.1) is 0 Å². The predicted molar refractivity (Wildman–Crippen MR) is 353 cm³/mol. The molecule has 0 amide bonds. The molecule has 0 saturated carbocycles. The van der Waals surface area contributed by atoms with Crippen LogP contribution < -0.4 is 2.89 Å². The van der Waals surface area contributed by atoms with E-state index in [0.717, 1.165) is 17.8 Å². The zero-order valence-corrected chi connectivity index (χ0v) is 56.7. The molecule has 0 spiro atoms. The first-order chi connectivity index (χ1) is 36.6. The molecular formula is C70H116S4Sn. The van der Waals surface area contributed by atoms with Crippen molar-refractivity contribution in [3.05, 3.63) is 51.0 Å². The number of hydrogen-bond acceptors (Lipinski definition) is 4. The Morgan fingerprint density at radius 1 is 0.387 bits per heavy atom. The van der Waals surface area contributed by atoms with Gasteiger partial charge in [-0.1, -0.05) is 201 Å². The molecule has 5 aromatic rings. The summed E-state index contributed by atoms with van der Waals surface area (Å²) in [5.41, 5.74) is 3.11. The Morgan fingerprint density at radius 3 is 1.17 bits per heavy atom. The molecular weight excluding hydrogens is 1090 g/mol. The minimum atomic E-state index is -2.41. The van der Waals surface area contributed by atoms with Gasteiger partial charge in [-0.3, -0.25) is 0 Å².